The first-order valence-electron chi connectivity index (χ1n) is 6.00. The van der Waals surface area contributed by atoms with Crippen LogP contribution in [0.3, 0.4) is 0 Å². The molecule has 1 aromatic carbocycles. The van der Waals surface area contributed by atoms with Crippen LogP contribution in [0.2, 0.25) is 5.02 Å². The summed E-state index contributed by atoms with van der Waals surface area (Å²) in [5, 5.41) is 12.2. The van der Waals surface area contributed by atoms with Crippen molar-refractivity contribution in [3.8, 4) is 0 Å². The molecule has 0 aliphatic rings. The highest BCUT2D eigenvalue weighted by molar-refractivity contribution is 9.10. The van der Waals surface area contributed by atoms with Gasteiger partial charge in [-0.3, -0.25) is 4.79 Å². The molecule has 0 aliphatic heterocycles. The third-order valence-corrected chi connectivity index (χ3v) is 3.88. The number of rotatable bonds is 3. The fourth-order valence-corrected chi connectivity index (χ4v) is 2.61. The minimum absolute atomic E-state index is 0.0120. The number of benzene rings is 1. The van der Waals surface area contributed by atoms with E-state index in [4.69, 9.17) is 16.7 Å². The first kappa shape index (κ1) is 15.6. The van der Waals surface area contributed by atoms with E-state index in [9.17, 15) is 9.59 Å². The Labute approximate surface area is 134 Å². The average Bonchev–Trinajstić information content (AvgIpc) is 2.69. The molecular formula is C14H12BrClN2O3. The van der Waals surface area contributed by atoms with Crippen molar-refractivity contribution in [1.29, 1.82) is 0 Å². The Morgan fingerprint density at radius 2 is 2.00 bits per heavy atom. The first-order chi connectivity index (χ1) is 9.81. The summed E-state index contributed by atoms with van der Waals surface area (Å²) < 4.78 is 0.774. The van der Waals surface area contributed by atoms with Crippen molar-refractivity contribution in [2.75, 3.05) is 5.32 Å². The van der Waals surface area contributed by atoms with E-state index < -0.39 is 11.9 Å². The quantitative estimate of drug-likeness (QED) is 0.762. The minimum Gasteiger partial charge on any atom is -0.477 e. The molecule has 0 unspecified atom stereocenters. The highest BCUT2D eigenvalue weighted by Crippen LogP contribution is 2.27. The number of aryl methyl sites for hydroxylation is 1. The Balaban J connectivity index is 2.37. The summed E-state index contributed by atoms with van der Waals surface area (Å²) in [6.07, 6.45) is 0. The van der Waals surface area contributed by atoms with Gasteiger partial charge in [0.1, 0.15) is 5.69 Å². The molecule has 5 nitrogen and oxygen atoms in total. The van der Waals surface area contributed by atoms with Gasteiger partial charge in [0.05, 0.1) is 16.3 Å². The van der Waals surface area contributed by atoms with Crippen LogP contribution in [-0.2, 0) is 0 Å². The molecule has 110 valence electrons. The Kier molecular flexibility index (Phi) is 4.39. The fraction of sp³-hybridized carbons (Fsp3) is 0.143. The van der Waals surface area contributed by atoms with Gasteiger partial charge in [0, 0.05) is 10.2 Å². The van der Waals surface area contributed by atoms with E-state index in [0.29, 0.717) is 27.5 Å². The number of carbonyl (C=O) groups is 2. The monoisotopic (exact) mass is 370 g/mol. The van der Waals surface area contributed by atoms with Crippen LogP contribution in [0.1, 0.15) is 32.1 Å². The van der Waals surface area contributed by atoms with Crippen LogP contribution >= 0.6 is 27.5 Å². The summed E-state index contributed by atoms with van der Waals surface area (Å²) in [5.41, 5.74) is 1.66. The lowest BCUT2D eigenvalue weighted by atomic mass is 10.1. The number of halogens is 2. The molecule has 0 radical (unpaired) electrons. The van der Waals surface area contributed by atoms with Crippen LogP contribution in [0.15, 0.2) is 22.7 Å². The average molecular weight is 372 g/mol. The number of amides is 1. The van der Waals surface area contributed by atoms with E-state index in [1.54, 1.807) is 32.0 Å². The predicted octanol–water partition coefficient (Wildman–Crippen LogP) is 4.00. The van der Waals surface area contributed by atoms with Crippen LogP contribution in [0.5, 0.6) is 0 Å². The zero-order valence-electron chi connectivity index (χ0n) is 11.3. The maximum atomic E-state index is 12.4. The SMILES string of the molecule is Cc1[nH]c(C(=O)O)c(C)c1C(=O)Nc1cc(Br)ccc1Cl. The Bertz CT molecular complexity index is 740. The molecule has 1 amide bonds. The van der Waals surface area contributed by atoms with Crippen LogP contribution in [0, 0.1) is 13.8 Å². The zero-order valence-corrected chi connectivity index (χ0v) is 13.6. The number of carboxylic acid groups (broad SMARTS) is 1. The Morgan fingerprint density at radius 3 is 2.57 bits per heavy atom. The smallest absolute Gasteiger partial charge is 0.352 e. The third kappa shape index (κ3) is 3.11. The van der Waals surface area contributed by atoms with Crippen molar-refractivity contribution in [1.82, 2.24) is 4.98 Å². The first-order valence-corrected chi connectivity index (χ1v) is 7.17. The summed E-state index contributed by atoms with van der Waals surface area (Å²) in [4.78, 5) is 26.1. The second-order valence-corrected chi connectivity index (χ2v) is 5.83. The third-order valence-electron chi connectivity index (χ3n) is 3.06. The van der Waals surface area contributed by atoms with Crippen LogP contribution in [-0.4, -0.2) is 22.0 Å². The molecule has 0 fully saturated rings. The van der Waals surface area contributed by atoms with Gasteiger partial charge in [-0.15, -0.1) is 0 Å². The maximum Gasteiger partial charge on any atom is 0.352 e. The molecule has 0 bridgehead atoms. The van der Waals surface area contributed by atoms with Crippen molar-refractivity contribution < 1.29 is 14.7 Å². The number of anilines is 1. The van der Waals surface area contributed by atoms with Crippen LogP contribution in [0.4, 0.5) is 5.69 Å². The number of aromatic nitrogens is 1. The standard InChI is InChI=1S/C14H12BrClN2O3/c1-6-11(7(2)17-12(6)14(20)21)13(19)18-10-5-8(15)3-4-9(10)16/h3-5,17H,1-2H3,(H,18,19)(H,20,21). The minimum atomic E-state index is -1.10. The Hall–Kier alpha value is -1.79. The molecule has 0 atom stereocenters. The summed E-state index contributed by atoms with van der Waals surface area (Å²) >= 11 is 9.33. The maximum absolute atomic E-state index is 12.4. The van der Waals surface area contributed by atoms with Crippen molar-refractivity contribution in [2.45, 2.75) is 13.8 Å². The second-order valence-electron chi connectivity index (χ2n) is 4.51. The van der Waals surface area contributed by atoms with Crippen molar-refractivity contribution in [3.05, 3.63) is 50.2 Å². The van der Waals surface area contributed by atoms with Crippen molar-refractivity contribution in [2.24, 2.45) is 0 Å². The fourth-order valence-electron chi connectivity index (χ4n) is 2.08. The molecule has 21 heavy (non-hydrogen) atoms. The molecule has 7 heteroatoms. The van der Waals surface area contributed by atoms with E-state index in [-0.39, 0.29) is 5.69 Å². The van der Waals surface area contributed by atoms with Gasteiger partial charge in [-0.1, -0.05) is 27.5 Å². The molecule has 0 saturated carbocycles. The molecule has 1 heterocycles. The second kappa shape index (κ2) is 5.91. The summed E-state index contributed by atoms with van der Waals surface area (Å²) in [6, 6.07) is 5.09. The van der Waals surface area contributed by atoms with E-state index in [1.165, 1.54) is 0 Å². The van der Waals surface area contributed by atoms with Crippen molar-refractivity contribution in [3.63, 3.8) is 0 Å². The number of hydrogen-bond acceptors (Lipinski definition) is 2. The molecule has 3 N–H and O–H groups in total. The normalized spacial score (nSPS) is 10.5. The molecule has 2 rings (SSSR count). The lowest BCUT2D eigenvalue weighted by Gasteiger charge is -2.08. The molecule has 2 aromatic rings. The number of nitrogens with one attached hydrogen (secondary N) is 2. The predicted molar refractivity (Wildman–Crippen MR) is 84.3 cm³/mol. The molecule has 1 aromatic heterocycles. The van der Waals surface area contributed by atoms with Crippen LogP contribution < -0.4 is 5.32 Å². The largest absolute Gasteiger partial charge is 0.477 e. The lowest BCUT2D eigenvalue weighted by Crippen LogP contribution is -2.14. The number of aromatic amines is 1. The summed E-state index contributed by atoms with van der Waals surface area (Å²) in [5.74, 6) is -1.51. The van der Waals surface area contributed by atoms with Gasteiger partial charge in [-0.25, -0.2) is 4.79 Å². The van der Waals surface area contributed by atoms with Gasteiger partial charge in [0.15, 0.2) is 0 Å². The van der Waals surface area contributed by atoms with Gasteiger partial charge in [0.25, 0.3) is 5.91 Å². The number of H-pyrrole nitrogens is 1. The summed E-state index contributed by atoms with van der Waals surface area (Å²) in [6.45, 7) is 3.24. The van der Waals surface area contributed by atoms with Gasteiger partial charge in [0.2, 0.25) is 0 Å². The topological polar surface area (TPSA) is 82.2 Å². The van der Waals surface area contributed by atoms with Gasteiger partial charge in [-0.05, 0) is 37.6 Å². The van der Waals surface area contributed by atoms with E-state index in [2.05, 4.69) is 26.2 Å². The van der Waals surface area contributed by atoms with E-state index in [1.807, 2.05) is 0 Å². The Morgan fingerprint density at radius 1 is 1.33 bits per heavy atom. The van der Waals surface area contributed by atoms with Gasteiger partial charge in [-0.2, -0.15) is 0 Å². The molecule has 0 aliphatic carbocycles. The summed E-state index contributed by atoms with van der Waals surface area (Å²) in [7, 11) is 0. The van der Waals surface area contributed by atoms with Crippen LogP contribution in [0.25, 0.3) is 0 Å². The highest BCUT2D eigenvalue weighted by Gasteiger charge is 2.22. The van der Waals surface area contributed by atoms with Crippen molar-refractivity contribution >= 4 is 45.1 Å². The number of carbonyl (C=O) groups excluding carboxylic acids is 1. The zero-order chi connectivity index (χ0) is 15.7. The molecule has 0 saturated heterocycles. The lowest BCUT2D eigenvalue weighted by molar-refractivity contribution is 0.0690. The molecular weight excluding hydrogens is 360 g/mol. The molecule has 0 spiro atoms. The van der Waals surface area contributed by atoms with E-state index in [0.717, 1.165) is 4.47 Å². The number of carboxylic acids is 1. The number of hydrogen-bond donors (Lipinski definition) is 3. The highest BCUT2D eigenvalue weighted by atomic mass is 79.9. The van der Waals surface area contributed by atoms with Gasteiger partial charge < -0.3 is 15.4 Å². The number of aromatic carboxylic acids is 1. The van der Waals surface area contributed by atoms with Gasteiger partial charge >= 0.3 is 5.97 Å². The van der Waals surface area contributed by atoms with E-state index >= 15 is 0 Å².